The van der Waals surface area contributed by atoms with Crippen LogP contribution >= 0.6 is 0 Å². The maximum absolute atomic E-state index is 11.2. The molecule has 1 aromatic rings. The summed E-state index contributed by atoms with van der Waals surface area (Å²) in [5.74, 6) is -0.355. The Balaban J connectivity index is 0.00000324. The third-order valence-electron chi connectivity index (χ3n) is 2.87. The zero-order valence-corrected chi connectivity index (χ0v) is 11.2. The van der Waals surface area contributed by atoms with Crippen LogP contribution in [0.1, 0.15) is 55.5 Å². The summed E-state index contributed by atoms with van der Waals surface area (Å²) in [4.78, 5) is 11.2. The number of carboxylic acids is 1. The van der Waals surface area contributed by atoms with Gasteiger partial charge in [0, 0.05) is 0 Å². The molecule has 0 unspecified atom stereocenters. The van der Waals surface area contributed by atoms with E-state index in [1.54, 1.807) is 12.1 Å². The monoisotopic (exact) mass is 280 g/mol. The van der Waals surface area contributed by atoms with Crippen molar-refractivity contribution in [3.63, 3.8) is 0 Å². The van der Waals surface area contributed by atoms with Gasteiger partial charge < -0.3 is 9.84 Å². The molecule has 0 heterocycles. The molecule has 0 aromatic heterocycles. The number of benzene rings is 1. The highest BCUT2D eigenvalue weighted by atomic mass is 27.0. The highest BCUT2D eigenvalue weighted by Crippen LogP contribution is 2.26. The number of ether oxygens (including phenoxy) is 1. The van der Waals surface area contributed by atoms with Crippen LogP contribution in [-0.2, 0) is 6.42 Å². The fourth-order valence-electron chi connectivity index (χ4n) is 1.81. The van der Waals surface area contributed by atoms with Gasteiger partial charge in [-0.25, -0.2) is 4.79 Å². The Bertz CT molecular complexity index is 391. The van der Waals surface area contributed by atoms with E-state index in [4.69, 9.17) is 4.74 Å². The molecule has 19 heavy (non-hydrogen) atoms. The molecule has 0 aliphatic carbocycles. The molecule has 1 aromatic carbocycles. The third-order valence-corrected chi connectivity index (χ3v) is 2.87. The predicted octanol–water partition coefficient (Wildman–Crippen LogP) is 2.72. The standard InChI is InChI=1S/C15H22O3.Al.3H/c1-3-5-8-12-9-7-10-13(15(16)17)14(12)18-11-6-4-2;;;;/h7,9-10H,3-6,8,11H2,1-2H3,(H,16,17);;;;. The predicted molar refractivity (Wildman–Crippen MR) is 82.4 cm³/mol. The summed E-state index contributed by atoms with van der Waals surface area (Å²) < 4.78 is 5.69. The largest absolute Gasteiger partial charge is 0.492 e. The summed E-state index contributed by atoms with van der Waals surface area (Å²) in [6.07, 6.45) is 5.00. The summed E-state index contributed by atoms with van der Waals surface area (Å²) in [7, 11) is 0. The first-order chi connectivity index (χ1) is 8.70. The fraction of sp³-hybridized carbons (Fsp3) is 0.533. The fourth-order valence-corrected chi connectivity index (χ4v) is 1.81. The van der Waals surface area contributed by atoms with Crippen LogP contribution in [0, 0.1) is 0 Å². The highest BCUT2D eigenvalue weighted by Gasteiger charge is 2.14. The molecule has 0 radical (unpaired) electrons. The number of carbonyl (C=O) groups is 1. The van der Waals surface area contributed by atoms with Crippen molar-refractivity contribution in [3.8, 4) is 5.75 Å². The van der Waals surface area contributed by atoms with Gasteiger partial charge in [0.1, 0.15) is 11.3 Å². The molecule has 0 atom stereocenters. The molecule has 0 fully saturated rings. The van der Waals surface area contributed by atoms with Gasteiger partial charge in [0.25, 0.3) is 0 Å². The SMILES string of the molecule is CCCCOc1c(CCCC)cccc1C(=O)O.[AlH3]. The van der Waals surface area contributed by atoms with Crippen molar-refractivity contribution in [2.45, 2.75) is 46.0 Å². The number of carboxylic acid groups (broad SMARTS) is 1. The van der Waals surface area contributed by atoms with Crippen molar-refractivity contribution < 1.29 is 14.6 Å². The Hall–Kier alpha value is -0.978. The van der Waals surface area contributed by atoms with Crippen molar-refractivity contribution in [3.05, 3.63) is 29.3 Å². The molecule has 0 aliphatic heterocycles. The van der Waals surface area contributed by atoms with Gasteiger partial charge in [-0.2, -0.15) is 0 Å². The summed E-state index contributed by atoms with van der Waals surface area (Å²) >= 11 is 0. The zero-order valence-electron chi connectivity index (χ0n) is 11.2. The number of rotatable bonds is 8. The minimum Gasteiger partial charge on any atom is -0.492 e. The summed E-state index contributed by atoms with van der Waals surface area (Å²) in [6.45, 7) is 4.79. The molecule has 4 heteroatoms. The first kappa shape index (κ1) is 18.0. The van der Waals surface area contributed by atoms with Crippen LogP contribution in [0.2, 0.25) is 0 Å². The van der Waals surface area contributed by atoms with Crippen molar-refractivity contribution >= 4 is 23.3 Å². The maximum atomic E-state index is 11.2. The number of unbranched alkanes of at least 4 members (excludes halogenated alkanes) is 2. The number of hydrogen-bond acceptors (Lipinski definition) is 2. The van der Waals surface area contributed by atoms with Gasteiger partial charge in [0.2, 0.25) is 0 Å². The van der Waals surface area contributed by atoms with E-state index in [1.807, 2.05) is 6.07 Å². The van der Waals surface area contributed by atoms with Gasteiger partial charge in [-0.1, -0.05) is 38.8 Å². The molecule has 0 amide bonds. The van der Waals surface area contributed by atoms with Crippen LogP contribution in [0.5, 0.6) is 5.75 Å². The topological polar surface area (TPSA) is 46.5 Å². The zero-order chi connectivity index (χ0) is 13.4. The van der Waals surface area contributed by atoms with E-state index in [9.17, 15) is 9.90 Å². The van der Waals surface area contributed by atoms with Crippen molar-refractivity contribution in [1.82, 2.24) is 0 Å². The number of hydrogen-bond donors (Lipinski definition) is 1. The van der Waals surface area contributed by atoms with Gasteiger partial charge in [-0.3, -0.25) is 0 Å². The quantitative estimate of drug-likeness (QED) is 0.588. The summed E-state index contributed by atoms with van der Waals surface area (Å²) in [5, 5.41) is 9.19. The van der Waals surface area contributed by atoms with Crippen LogP contribution in [0.25, 0.3) is 0 Å². The Morgan fingerprint density at radius 1 is 1.21 bits per heavy atom. The average molecular weight is 280 g/mol. The van der Waals surface area contributed by atoms with Crippen LogP contribution in [0.15, 0.2) is 18.2 Å². The van der Waals surface area contributed by atoms with E-state index in [1.165, 1.54) is 0 Å². The lowest BCUT2D eigenvalue weighted by Gasteiger charge is -2.13. The molecule has 0 spiro atoms. The number of para-hydroxylation sites is 1. The van der Waals surface area contributed by atoms with Crippen LogP contribution < -0.4 is 4.74 Å². The molecular formula is C15H25AlO3. The van der Waals surface area contributed by atoms with Crippen molar-refractivity contribution in [2.24, 2.45) is 0 Å². The van der Waals surface area contributed by atoms with E-state index in [-0.39, 0.29) is 22.9 Å². The first-order valence-electron chi connectivity index (χ1n) is 6.68. The minimum atomic E-state index is -0.917. The first-order valence-corrected chi connectivity index (χ1v) is 6.68. The molecule has 106 valence electrons. The van der Waals surface area contributed by atoms with E-state index in [0.717, 1.165) is 37.7 Å². The average Bonchev–Trinajstić information content (AvgIpc) is 2.37. The van der Waals surface area contributed by atoms with E-state index < -0.39 is 5.97 Å². The minimum absolute atomic E-state index is 0. The molecule has 0 aliphatic rings. The van der Waals surface area contributed by atoms with Gasteiger partial charge in [-0.15, -0.1) is 0 Å². The Morgan fingerprint density at radius 3 is 2.47 bits per heavy atom. The second-order valence-corrected chi connectivity index (χ2v) is 4.40. The van der Waals surface area contributed by atoms with E-state index in [0.29, 0.717) is 12.4 Å². The number of aromatic carboxylic acids is 1. The summed E-state index contributed by atoms with van der Waals surface area (Å²) in [6, 6.07) is 5.36. The van der Waals surface area contributed by atoms with E-state index >= 15 is 0 Å². The Morgan fingerprint density at radius 2 is 1.89 bits per heavy atom. The van der Waals surface area contributed by atoms with Gasteiger partial charge in [-0.05, 0) is 30.9 Å². The van der Waals surface area contributed by atoms with Crippen molar-refractivity contribution in [2.75, 3.05) is 6.61 Å². The second kappa shape index (κ2) is 9.89. The second-order valence-electron chi connectivity index (χ2n) is 4.40. The van der Waals surface area contributed by atoms with Crippen molar-refractivity contribution in [1.29, 1.82) is 0 Å². The highest BCUT2D eigenvalue weighted by molar-refractivity contribution is 5.91. The Labute approximate surface area is 126 Å². The van der Waals surface area contributed by atoms with Gasteiger partial charge in [0.15, 0.2) is 17.4 Å². The molecule has 0 saturated carbocycles. The van der Waals surface area contributed by atoms with Crippen LogP contribution in [0.4, 0.5) is 0 Å². The van der Waals surface area contributed by atoms with Crippen LogP contribution in [0.3, 0.4) is 0 Å². The molecule has 0 bridgehead atoms. The summed E-state index contributed by atoms with van der Waals surface area (Å²) in [5.41, 5.74) is 1.28. The normalized spacial score (nSPS) is 9.79. The van der Waals surface area contributed by atoms with Gasteiger partial charge >= 0.3 is 5.97 Å². The third kappa shape index (κ3) is 5.67. The smallest absolute Gasteiger partial charge is 0.339 e. The molecule has 3 nitrogen and oxygen atoms in total. The van der Waals surface area contributed by atoms with Crippen LogP contribution in [-0.4, -0.2) is 35.0 Å². The Kier molecular flexibility index (Phi) is 9.38. The van der Waals surface area contributed by atoms with Gasteiger partial charge in [0.05, 0.1) is 6.61 Å². The van der Waals surface area contributed by atoms with E-state index in [2.05, 4.69) is 13.8 Å². The molecule has 1 N–H and O–H groups in total. The lowest BCUT2D eigenvalue weighted by Crippen LogP contribution is -2.07. The molecular weight excluding hydrogens is 255 g/mol. The maximum Gasteiger partial charge on any atom is 0.339 e. The molecule has 1 rings (SSSR count). The lowest BCUT2D eigenvalue weighted by atomic mass is 10.0. The lowest BCUT2D eigenvalue weighted by molar-refractivity contribution is 0.0692. The molecule has 0 saturated heterocycles. The number of aryl methyl sites for hydroxylation is 1.